The highest BCUT2D eigenvalue weighted by Gasteiger charge is 2.10. The molecule has 0 atom stereocenters. The molecule has 0 aliphatic heterocycles. The first-order valence-corrected chi connectivity index (χ1v) is 5.15. The average Bonchev–Trinajstić information content (AvgIpc) is 2.32. The molecule has 17 heavy (non-hydrogen) atoms. The first-order valence-electron chi connectivity index (χ1n) is 5.15. The number of hydrogen-bond donors (Lipinski definition) is 1. The van der Waals surface area contributed by atoms with Crippen LogP contribution in [0.2, 0.25) is 0 Å². The molecule has 0 fully saturated rings. The monoisotopic (exact) mass is 230 g/mol. The van der Waals surface area contributed by atoms with Crippen molar-refractivity contribution in [2.24, 2.45) is 0 Å². The van der Waals surface area contributed by atoms with Gasteiger partial charge in [-0.2, -0.15) is 0 Å². The van der Waals surface area contributed by atoms with E-state index < -0.39 is 5.82 Å². The number of nitrogens with zero attached hydrogens (tertiary/aromatic N) is 1. The largest absolute Gasteiger partial charge is 0.319 e. The van der Waals surface area contributed by atoms with Gasteiger partial charge in [-0.15, -0.1) is 0 Å². The number of halogens is 1. The van der Waals surface area contributed by atoms with Crippen molar-refractivity contribution in [3.8, 4) is 0 Å². The van der Waals surface area contributed by atoms with Crippen molar-refractivity contribution in [2.75, 3.05) is 5.32 Å². The van der Waals surface area contributed by atoms with Crippen LogP contribution in [0.4, 0.5) is 10.1 Å². The third kappa shape index (κ3) is 2.47. The van der Waals surface area contributed by atoms with Crippen molar-refractivity contribution in [3.05, 3.63) is 59.7 Å². The number of pyridine rings is 1. The molecule has 0 saturated carbocycles. The van der Waals surface area contributed by atoms with E-state index in [1.165, 1.54) is 18.3 Å². The summed E-state index contributed by atoms with van der Waals surface area (Å²) >= 11 is 0. The Bertz CT molecular complexity index is 555. The molecule has 1 amide bonds. The Kier molecular flexibility index (Phi) is 3.14. The maximum absolute atomic E-state index is 13.3. The van der Waals surface area contributed by atoms with Gasteiger partial charge in [-0.1, -0.05) is 12.1 Å². The van der Waals surface area contributed by atoms with E-state index >= 15 is 0 Å². The van der Waals surface area contributed by atoms with Crippen LogP contribution in [0.5, 0.6) is 0 Å². The van der Waals surface area contributed by atoms with E-state index in [9.17, 15) is 9.18 Å². The smallest absolute Gasteiger partial charge is 0.256 e. The number of benzene rings is 1. The topological polar surface area (TPSA) is 42.0 Å². The summed E-state index contributed by atoms with van der Waals surface area (Å²) in [4.78, 5) is 15.8. The fraction of sp³-hybridized carbons (Fsp3) is 0.0769. The van der Waals surface area contributed by atoms with Crippen LogP contribution in [0.3, 0.4) is 0 Å². The van der Waals surface area contributed by atoms with Gasteiger partial charge >= 0.3 is 0 Å². The summed E-state index contributed by atoms with van der Waals surface area (Å²) in [6.07, 6.45) is 3.12. The molecule has 1 aromatic heterocycles. The van der Waals surface area contributed by atoms with Gasteiger partial charge in [0.1, 0.15) is 5.82 Å². The molecule has 0 unspecified atom stereocenters. The molecule has 0 aliphatic rings. The zero-order chi connectivity index (χ0) is 12.3. The lowest BCUT2D eigenvalue weighted by Gasteiger charge is -2.07. The summed E-state index contributed by atoms with van der Waals surface area (Å²) in [7, 11) is 0. The Hall–Kier alpha value is -2.23. The first-order chi connectivity index (χ1) is 8.18. The highest BCUT2D eigenvalue weighted by Crippen LogP contribution is 2.14. The lowest BCUT2D eigenvalue weighted by Crippen LogP contribution is -2.14. The third-order valence-electron chi connectivity index (χ3n) is 2.39. The van der Waals surface area contributed by atoms with Crippen LogP contribution in [-0.2, 0) is 0 Å². The van der Waals surface area contributed by atoms with E-state index in [-0.39, 0.29) is 11.6 Å². The minimum absolute atomic E-state index is 0.175. The van der Waals surface area contributed by atoms with Crippen molar-refractivity contribution in [2.45, 2.75) is 6.92 Å². The molecular formula is C13H11FN2O. The molecule has 1 heterocycles. The van der Waals surface area contributed by atoms with Gasteiger partial charge in [0.15, 0.2) is 0 Å². The van der Waals surface area contributed by atoms with Crippen molar-refractivity contribution in [1.82, 2.24) is 4.98 Å². The fourth-order valence-electron chi connectivity index (χ4n) is 1.48. The molecule has 1 N–H and O–H groups in total. The van der Waals surface area contributed by atoms with E-state index in [4.69, 9.17) is 0 Å². The second-order valence-electron chi connectivity index (χ2n) is 3.62. The molecule has 2 aromatic rings. The molecule has 1 aromatic carbocycles. The second-order valence-corrected chi connectivity index (χ2v) is 3.62. The summed E-state index contributed by atoms with van der Waals surface area (Å²) in [6, 6.07) is 7.66. The predicted molar refractivity (Wildman–Crippen MR) is 63.3 cm³/mol. The molecule has 0 radical (unpaired) electrons. The van der Waals surface area contributed by atoms with Gasteiger partial charge < -0.3 is 5.32 Å². The molecule has 4 heteroatoms. The van der Waals surface area contributed by atoms with Gasteiger partial charge in [-0.05, 0) is 30.7 Å². The van der Waals surface area contributed by atoms with E-state index in [2.05, 4.69) is 10.3 Å². The SMILES string of the molecule is Cc1cnccc1C(=O)Nc1ccccc1F. The predicted octanol–water partition coefficient (Wildman–Crippen LogP) is 2.78. The molecule has 0 aliphatic carbocycles. The number of carbonyl (C=O) groups is 1. The molecule has 0 spiro atoms. The van der Waals surface area contributed by atoms with Crippen molar-refractivity contribution < 1.29 is 9.18 Å². The number of anilines is 1. The standard InChI is InChI=1S/C13H11FN2O/c1-9-8-15-7-6-10(9)13(17)16-12-5-3-2-4-11(12)14/h2-8H,1H3,(H,16,17). The van der Waals surface area contributed by atoms with Gasteiger partial charge in [0.25, 0.3) is 5.91 Å². The Labute approximate surface area is 98.3 Å². The highest BCUT2D eigenvalue weighted by molar-refractivity contribution is 6.05. The molecule has 2 rings (SSSR count). The Morgan fingerprint density at radius 2 is 2.06 bits per heavy atom. The number of aryl methyl sites for hydroxylation is 1. The number of carbonyl (C=O) groups excluding carboxylic acids is 1. The number of rotatable bonds is 2. The summed E-state index contributed by atoms with van der Waals surface area (Å²) in [5.41, 5.74) is 1.42. The average molecular weight is 230 g/mol. The normalized spacial score (nSPS) is 10.0. The van der Waals surface area contributed by atoms with E-state index in [1.54, 1.807) is 31.3 Å². The number of amides is 1. The minimum atomic E-state index is -0.451. The van der Waals surface area contributed by atoms with E-state index in [0.29, 0.717) is 5.56 Å². The zero-order valence-corrected chi connectivity index (χ0v) is 9.27. The van der Waals surface area contributed by atoms with Crippen LogP contribution in [0.1, 0.15) is 15.9 Å². The summed E-state index contributed by atoms with van der Waals surface area (Å²) in [5, 5.41) is 2.53. The Morgan fingerprint density at radius 3 is 2.76 bits per heavy atom. The number of hydrogen-bond acceptors (Lipinski definition) is 2. The number of aromatic nitrogens is 1. The van der Waals surface area contributed by atoms with Crippen LogP contribution in [-0.4, -0.2) is 10.9 Å². The fourth-order valence-corrected chi connectivity index (χ4v) is 1.48. The Morgan fingerprint density at radius 1 is 1.29 bits per heavy atom. The summed E-state index contributed by atoms with van der Waals surface area (Å²) in [6.45, 7) is 1.78. The molecular weight excluding hydrogens is 219 g/mol. The van der Waals surface area contributed by atoms with Gasteiger partial charge in [0, 0.05) is 18.0 Å². The number of nitrogens with one attached hydrogen (secondary N) is 1. The first kappa shape index (κ1) is 11.3. The number of para-hydroxylation sites is 1. The van der Waals surface area contributed by atoms with Crippen LogP contribution in [0, 0.1) is 12.7 Å². The van der Waals surface area contributed by atoms with Gasteiger partial charge in [-0.25, -0.2) is 4.39 Å². The second kappa shape index (κ2) is 4.74. The summed E-state index contributed by atoms with van der Waals surface area (Å²) < 4.78 is 13.3. The quantitative estimate of drug-likeness (QED) is 0.861. The Balaban J connectivity index is 2.24. The van der Waals surface area contributed by atoms with Crippen molar-refractivity contribution in [3.63, 3.8) is 0 Å². The van der Waals surface area contributed by atoms with Crippen LogP contribution < -0.4 is 5.32 Å². The molecule has 86 valence electrons. The van der Waals surface area contributed by atoms with E-state index in [1.807, 2.05) is 0 Å². The van der Waals surface area contributed by atoms with Crippen LogP contribution >= 0.6 is 0 Å². The highest BCUT2D eigenvalue weighted by atomic mass is 19.1. The van der Waals surface area contributed by atoms with E-state index in [0.717, 1.165) is 5.56 Å². The van der Waals surface area contributed by atoms with Crippen molar-refractivity contribution in [1.29, 1.82) is 0 Å². The van der Waals surface area contributed by atoms with Gasteiger partial charge in [-0.3, -0.25) is 9.78 Å². The minimum Gasteiger partial charge on any atom is -0.319 e. The lowest BCUT2D eigenvalue weighted by atomic mass is 10.1. The van der Waals surface area contributed by atoms with Crippen molar-refractivity contribution >= 4 is 11.6 Å². The summed E-state index contributed by atoms with van der Waals surface area (Å²) in [5.74, 6) is -0.789. The molecule has 0 saturated heterocycles. The third-order valence-corrected chi connectivity index (χ3v) is 2.39. The molecule has 0 bridgehead atoms. The van der Waals surface area contributed by atoms with Crippen LogP contribution in [0.25, 0.3) is 0 Å². The maximum Gasteiger partial charge on any atom is 0.256 e. The molecule has 3 nitrogen and oxygen atoms in total. The zero-order valence-electron chi connectivity index (χ0n) is 9.27. The lowest BCUT2D eigenvalue weighted by molar-refractivity contribution is 0.102. The van der Waals surface area contributed by atoms with Crippen LogP contribution in [0.15, 0.2) is 42.7 Å². The maximum atomic E-state index is 13.3. The van der Waals surface area contributed by atoms with Gasteiger partial charge in [0.05, 0.1) is 5.69 Å². The van der Waals surface area contributed by atoms with Gasteiger partial charge in [0.2, 0.25) is 0 Å².